The van der Waals surface area contributed by atoms with Crippen molar-refractivity contribution >= 4 is 5.97 Å². The van der Waals surface area contributed by atoms with Crippen LogP contribution in [0.1, 0.15) is 92.9 Å². The summed E-state index contributed by atoms with van der Waals surface area (Å²) in [6.45, 7) is 21.4. The zero-order chi connectivity index (χ0) is 30.7. The largest absolute Gasteiger partial charge is 0.465 e. The summed E-state index contributed by atoms with van der Waals surface area (Å²) in [4.78, 5) is 12.6. The molecule has 9 nitrogen and oxygen atoms in total. The number of rotatable bonds is 29. The van der Waals surface area contributed by atoms with Gasteiger partial charge in [0.2, 0.25) is 0 Å². The minimum atomic E-state index is -0.113. The van der Waals surface area contributed by atoms with Crippen LogP contribution in [0.4, 0.5) is 0 Å². The van der Waals surface area contributed by atoms with E-state index in [0.717, 1.165) is 38.5 Å². The Morgan fingerprint density at radius 3 is 1.07 bits per heavy atom. The first-order valence-corrected chi connectivity index (χ1v) is 15.8. The maximum absolute atomic E-state index is 12.6. The molecule has 0 aliphatic carbocycles. The highest BCUT2D eigenvalue weighted by Gasteiger charge is 2.35. The van der Waals surface area contributed by atoms with E-state index in [4.69, 9.17) is 38.3 Å². The van der Waals surface area contributed by atoms with Crippen LogP contribution in [0.3, 0.4) is 0 Å². The maximum atomic E-state index is 12.6. The number of carbonyl (C=O) groups excluding carboxylic acids is 1. The predicted molar refractivity (Wildman–Crippen MR) is 162 cm³/mol. The van der Waals surface area contributed by atoms with Crippen molar-refractivity contribution in [3.63, 3.8) is 0 Å². The highest BCUT2D eigenvalue weighted by Crippen LogP contribution is 2.36. The topological polar surface area (TPSA) is 102 Å². The summed E-state index contributed by atoms with van der Waals surface area (Å²) in [6, 6.07) is 0. The van der Waals surface area contributed by atoms with Crippen molar-refractivity contribution in [2.45, 2.75) is 92.9 Å². The molecule has 0 fully saturated rings. The van der Waals surface area contributed by atoms with E-state index in [9.17, 15) is 4.79 Å². The number of aliphatic hydroxyl groups is 1. The highest BCUT2D eigenvalue weighted by atomic mass is 16.5. The molecule has 41 heavy (non-hydrogen) atoms. The standard InChI is InChI=1S/C32H64O9/c1-31(2,3)28-29(32(4,5)6)30(34)41-27-13-26-40-25-12-24-39-23-11-22-38-21-10-20-37-19-9-18-36-17-8-16-35-15-7-14-33/h29,33H,7-28H2,1-6H3. The molecule has 0 amide bonds. The summed E-state index contributed by atoms with van der Waals surface area (Å²) >= 11 is 0. The van der Waals surface area contributed by atoms with Gasteiger partial charge in [-0.15, -0.1) is 0 Å². The molecule has 0 aromatic heterocycles. The molecule has 0 rings (SSSR count). The fourth-order valence-electron chi connectivity index (χ4n) is 3.88. The summed E-state index contributed by atoms with van der Waals surface area (Å²) < 4.78 is 38.9. The number of hydrogen-bond donors (Lipinski definition) is 1. The van der Waals surface area contributed by atoms with Crippen LogP contribution in [-0.2, 0) is 38.0 Å². The lowest BCUT2D eigenvalue weighted by atomic mass is 9.72. The molecule has 0 radical (unpaired) electrons. The Balaban J connectivity index is 3.34. The number of carbonyl (C=O) groups is 1. The molecular weight excluding hydrogens is 528 g/mol. The van der Waals surface area contributed by atoms with Crippen LogP contribution in [0.5, 0.6) is 0 Å². The number of ether oxygens (including phenoxy) is 7. The second kappa shape index (κ2) is 26.8. The van der Waals surface area contributed by atoms with Crippen LogP contribution in [0.15, 0.2) is 0 Å². The highest BCUT2D eigenvalue weighted by molar-refractivity contribution is 5.73. The molecule has 0 saturated carbocycles. The molecule has 0 aromatic rings. The smallest absolute Gasteiger partial charge is 0.309 e. The first kappa shape index (κ1) is 40.2. The van der Waals surface area contributed by atoms with Crippen molar-refractivity contribution in [2.75, 3.05) is 92.5 Å². The fourth-order valence-corrected chi connectivity index (χ4v) is 3.88. The molecule has 1 N–H and O–H groups in total. The summed E-state index contributed by atoms with van der Waals surface area (Å²) in [7, 11) is 0. The van der Waals surface area contributed by atoms with E-state index in [2.05, 4.69) is 41.5 Å². The minimum Gasteiger partial charge on any atom is -0.465 e. The zero-order valence-corrected chi connectivity index (χ0v) is 27.3. The Hall–Kier alpha value is -0.810. The fraction of sp³-hybridized carbons (Fsp3) is 0.969. The van der Waals surface area contributed by atoms with Crippen LogP contribution in [0.25, 0.3) is 0 Å². The number of hydrogen-bond acceptors (Lipinski definition) is 9. The maximum Gasteiger partial charge on any atom is 0.309 e. The monoisotopic (exact) mass is 592 g/mol. The van der Waals surface area contributed by atoms with Gasteiger partial charge in [0, 0.05) is 92.3 Å². The Morgan fingerprint density at radius 2 is 0.805 bits per heavy atom. The van der Waals surface area contributed by atoms with Crippen molar-refractivity contribution in [1.82, 2.24) is 0 Å². The molecule has 0 spiro atoms. The van der Waals surface area contributed by atoms with Crippen molar-refractivity contribution in [1.29, 1.82) is 0 Å². The Morgan fingerprint density at radius 1 is 0.512 bits per heavy atom. The molecular formula is C32H64O9. The van der Waals surface area contributed by atoms with E-state index < -0.39 is 0 Å². The first-order valence-electron chi connectivity index (χ1n) is 15.8. The third kappa shape index (κ3) is 29.1. The molecule has 9 heteroatoms. The molecule has 246 valence electrons. The van der Waals surface area contributed by atoms with Gasteiger partial charge in [-0.2, -0.15) is 0 Å². The SMILES string of the molecule is CC(C)(C)CC(C(=O)OCCCOCCCOCCCOCCCOCCCOCCCOCCCO)C(C)(C)C. The van der Waals surface area contributed by atoms with Gasteiger partial charge in [0.05, 0.1) is 12.5 Å². The Bertz CT molecular complexity index is 572. The number of aliphatic hydroxyl groups excluding tert-OH is 1. The second-order valence-corrected chi connectivity index (χ2v) is 12.7. The van der Waals surface area contributed by atoms with Gasteiger partial charge in [-0.25, -0.2) is 0 Å². The van der Waals surface area contributed by atoms with Crippen LogP contribution >= 0.6 is 0 Å². The van der Waals surface area contributed by atoms with Gasteiger partial charge in [0.15, 0.2) is 0 Å². The summed E-state index contributed by atoms with van der Waals surface area (Å²) in [5, 5.41) is 8.66. The molecule has 0 bridgehead atoms. The molecule has 0 heterocycles. The van der Waals surface area contributed by atoms with Crippen molar-refractivity contribution in [2.24, 2.45) is 16.7 Å². The molecule has 0 aromatic carbocycles. The third-order valence-electron chi connectivity index (χ3n) is 6.16. The van der Waals surface area contributed by atoms with Crippen LogP contribution < -0.4 is 0 Å². The second-order valence-electron chi connectivity index (χ2n) is 12.7. The van der Waals surface area contributed by atoms with Crippen molar-refractivity contribution in [3.05, 3.63) is 0 Å². The summed E-state index contributed by atoms with van der Waals surface area (Å²) in [5.41, 5.74) is -0.0293. The normalized spacial score (nSPS) is 13.0. The third-order valence-corrected chi connectivity index (χ3v) is 6.16. The lowest BCUT2D eigenvalue weighted by molar-refractivity contribution is -0.154. The average molecular weight is 593 g/mol. The van der Waals surface area contributed by atoms with Gasteiger partial charge in [0.25, 0.3) is 0 Å². The lowest BCUT2D eigenvalue weighted by Gasteiger charge is -2.33. The summed E-state index contributed by atoms with van der Waals surface area (Å²) in [5.74, 6) is -0.201. The quantitative estimate of drug-likeness (QED) is 0.0897. The number of esters is 1. The van der Waals surface area contributed by atoms with E-state index in [0.29, 0.717) is 98.7 Å². The Kier molecular flexibility index (Phi) is 26.3. The minimum absolute atomic E-state index is 0.0841. The van der Waals surface area contributed by atoms with E-state index in [-0.39, 0.29) is 29.3 Å². The van der Waals surface area contributed by atoms with E-state index >= 15 is 0 Å². The molecule has 0 aliphatic heterocycles. The zero-order valence-electron chi connectivity index (χ0n) is 27.3. The lowest BCUT2D eigenvalue weighted by Crippen LogP contribution is -2.33. The van der Waals surface area contributed by atoms with E-state index in [1.807, 2.05) is 0 Å². The molecule has 0 saturated heterocycles. The van der Waals surface area contributed by atoms with Gasteiger partial charge in [0.1, 0.15) is 0 Å². The first-order chi connectivity index (χ1) is 19.6. The van der Waals surface area contributed by atoms with Crippen LogP contribution in [-0.4, -0.2) is 104 Å². The van der Waals surface area contributed by atoms with Gasteiger partial charge in [-0.3, -0.25) is 4.79 Å². The van der Waals surface area contributed by atoms with Gasteiger partial charge in [-0.1, -0.05) is 41.5 Å². The van der Waals surface area contributed by atoms with Crippen molar-refractivity contribution < 1.29 is 43.1 Å². The van der Waals surface area contributed by atoms with Gasteiger partial charge in [-0.05, 0) is 55.8 Å². The predicted octanol–water partition coefficient (Wildman–Crippen LogP) is 5.45. The van der Waals surface area contributed by atoms with E-state index in [1.165, 1.54) is 0 Å². The van der Waals surface area contributed by atoms with E-state index in [1.54, 1.807) is 0 Å². The average Bonchev–Trinajstić information content (AvgIpc) is 2.90. The van der Waals surface area contributed by atoms with Crippen LogP contribution in [0, 0.1) is 16.7 Å². The van der Waals surface area contributed by atoms with Crippen LogP contribution in [0.2, 0.25) is 0 Å². The van der Waals surface area contributed by atoms with Gasteiger partial charge >= 0.3 is 5.97 Å². The van der Waals surface area contributed by atoms with Crippen molar-refractivity contribution in [3.8, 4) is 0 Å². The molecule has 1 atom stereocenters. The molecule has 0 aliphatic rings. The summed E-state index contributed by atoms with van der Waals surface area (Å²) in [6.07, 6.45) is 6.59. The van der Waals surface area contributed by atoms with Gasteiger partial charge < -0.3 is 38.3 Å². The Labute approximate surface area is 251 Å². The molecule has 1 unspecified atom stereocenters.